The third-order valence-corrected chi connectivity index (χ3v) is 24.1. The number of aryl methyl sites for hydroxylation is 10. The van der Waals surface area contributed by atoms with Gasteiger partial charge in [0, 0.05) is 97.3 Å². The van der Waals surface area contributed by atoms with Gasteiger partial charge in [-0.25, -0.2) is 4.98 Å². The highest BCUT2D eigenvalue weighted by atomic mass is 79.9. The van der Waals surface area contributed by atoms with Gasteiger partial charge < -0.3 is 66.1 Å². The third-order valence-electron chi connectivity index (χ3n) is 23.4. The number of anilines is 1. The zero-order chi connectivity index (χ0) is 104. The van der Waals surface area contributed by atoms with Crippen molar-refractivity contribution >= 4 is 103 Å². The fourth-order valence-electron chi connectivity index (χ4n) is 16.5. The van der Waals surface area contributed by atoms with E-state index in [0.29, 0.717) is 154 Å². The normalized spacial score (nSPS) is 11.0. The summed E-state index contributed by atoms with van der Waals surface area (Å²) in [6.45, 7) is 20.7. The zero-order valence-corrected chi connectivity index (χ0v) is 83.3. The van der Waals surface area contributed by atoms with E-state index in [4.69, 9.17) is 61.5 Å². The number of benzene rings is 9. The molecular weight excluding hydrogens is 1940 g/mol. The van der Waals surface area contributed by atoms with Crippen LogP contribution in [-0.2, 0) is 17.8 Å². The van der Waals surface area contributed by atoms with E-state index in [0.717, 1.165) is 95.5 Å². The highest BCUT2D eigenvalue weighted by Gasteiger charge is 2.32. The molecule has 746 valence electrons. The van der Waals surface area contributed by atoms with E-state index in [1.165, 1.54) is 38.5 Å². The second-order valence-electron chi connectivity index (χ2n) is 32.6. The number of carbonyl (C=O) groups excluding carboxylic acids is 7. The molecule has 35 nitrogen and oxygen atoms in total. The average molecular weight is 2040 g/mol. The number of nitrogens with two attached hydrogens (primary N) is 1. The highest BCUT2D eigenvalue weighted by Crippen LogP contribution is 2.45. The Balaban J connectivity index is 0.000000159. The van der Waals surface area contributed by atoms with E-state index in [2.05, 4.69) is 51.7 Å². The van der Waals surface area contributed by atoms with Crippen LogP contribution in [0, 0.1) is 89.5 Å². The van der Waals surface area contributed by atoms with Gasteiger partial charge in [-0.3, -0.25) is 63.6 Å². The number of nitrogens with zero attached hydrogens (tertiary/aromatic N) is 10. The molecule has 0 fully saturated rings. The van der Waals surface area contributed by atoms with Crippen molar-refractivity contribution in [1.82, 2.24) is 40.3 Å². The smallest absolute Gasteiger partial charge is 0.283 e. The second-order valence-corrected chi connectivity index (χ2v) is 33.5. The van der Waals surface area contributed by atoms with Crippen LogP contribution in [0.15, 0.2) is 238 Å². The number of hydrogen-bond acceptors (Lipinski definition) is 32. The Bertz CT molecular complexity index is 7840. The molecule has 2 N–H and O–H groups in total. The number of carbonyl (C=O) groups is 7. The number of ether oxygens (including phenoxy) is 7. The molecule has 8 aromatic heterocycles. The number of halogens is 1. The molecule has 1 aliphatic rings. The van der Waals surface area contributed by atoms with Crippen LogP contribution in [0.2, 0.25) is 0 Å². The molecular formula is C110H100BrN11O24. The number of nitrogen functional groups attached to an aromatic ring is 1. The van der Waals surface area contributed by atoms with Gasteiger partial charge in [0.1, 0.15) is 63.3 Å². The minimum Gasteiger partial charge on any atom is -0.496 e. The fraction of sp³-hybridized carbons (Fsp3) is 0.191. The Morgan fingerprint density at radius 3 is 1.26 bits per heavy atom. The molecule has 17 aromatic rings. The number of ketones is 4. The van der Waals surface area contributed by atoms with Crippen LogP contribution in [0.25, 0.3) is 83.5 Å². The fourth-order valence-corrected chi connectivity index (χ4v) is 17.0. The number of aromatic nitrogens is 8. The van der Waals surface area contributed by atoms with Gasteiger partial charge in [-0.1, -0.05) is 130 Å². The quantitative estimate of drug-likeness (QED) is 0.0131. The van der Waals surface area contributed by atoms with E-state index in [1.807, 2.05) is 153 Å². The van der Waals surface area contributed by atoms with Gasteiger partial charge in [-0.05, 0) is 176 Å². The van der Waals surface area contributed by atoms with Crippen LogP contribution in [0.5, 0.6) is 40.4 Å². The van der Waals surface area contributed by atoms with Crippen molar-refractivity contribution in [3.8, 4) is 96.0 Å². The molecule has 18 rings (SSSR count). The first-order chi connectivity index (χ1) is 69.7. The van der Waals surface area contributed by atoms with Crippen LogP contribution in [0.4, 0.5) is 17.1 Å². The first-order valence-electron chi connectivity index (χ1n) is 44.6. The summed E-state index contributed by atoms with van der Waals surface area (Å²) in [6, 6.07) is 55.6. The number of rotatable bonds is 26. The van der Waals surface area contributed by atoms with E-state index in [1.54, 1.807) is 138 Å². The van der Waals surface area contributed by atoms with E-state index >= 15 is 0 Å². The van der Waals surface area contributed by atoms with Crippen LogP contribution in [0.1, 0.15) is 162 Å². The minimum atomic E-state index is -0.626. The lowest BCUT2D eigenvalue weighted by Gasteiger charge is -2.18. The molecule has 0 unspecified atom stereocenters. The standard InChI is InChI=1S/C28H23N3O4.C24H22N2O4.C23H19NO4.C13H12N2O5.C13H14N2O3.C8H6BrNO4.CH4/c1-17-26(18(2)35-30-17)22-13-20-14-23(27(32)19-9-5-4-6-10-19)28(33)31(24(20)15-25(22)34-3)16-21-11-7-8-12-29-21;1-5-29-24-19(23(27)16-9-7-6-8-10-16)12-17-11-18(21(28-4)13-20(17)25-24)22-14(2)26-30-15(22)3;1-13-22(14(2)28-24-13)19-10-16-9-18(23(26)15-7-5-4-6-8-15)20(25)11-17(16)12-21(19)27-3;1-7-13(8(2)20-14-7)10-4-9(6-16)11(15(17)18)5-12(10)19-3;1-7-13(8(2)18-15-7)10-4-9(6-16)11(14)5-12(10)17-3;1-14-8-3-7(10(12)13)5(4-11)2-6(8)9;/h4-15H,16H2,1-3H3;6-13H,5H2,1-4H3;4-10,12H,11H2,1-3H3;4-6H,1-3H3;4-6H,14H2,1-3H3;2-4H,1H3;1H4. The molecule has 146 heavy (non-hydrogen) atoms. The number of pyridine rings is 3. The molecule has 0 spiro atoms. The number of aldehydes is 3. The summed E-state index contributed by atoms with van der Waals surface area (Å²) >= 11 is 3.12. The summed E-state index contributed by atoms with van der Waals surface area (Å²) in [7, 11) is 9.13. The van der Waals surface area contributed by atoms with Crippen LogP contribution in [0.3, 0.4) is 0 Å². The average Bonchev–Trinajstić information content (AvgIpc) is 1.08. The van der Waals surface area contributed by atoms with Crippen LogP contribution < -0.4 is 44.5 Å². The molecule has 1 aliphatic carbocycles. The maximum absolute atomic E-state index is 13.7. The number of hydrogen-bond donors (Lipinski definition) is 1. The number of nitro benzene ring substituents is 2. The van der Waals surface area contributed by atoms with Gasteiger partial charge in [0.15, 0.2) is 42.0 Å². The molecule has 0 saturated carbocycles. The Hall–Kier alpha value is -18.1. The van der Waals surface area contributed by atoms with Gasteiger partial charge in [0.2, 0.25) is 5.88 Å². The van der Waals surface area contributed by atoms with Crippen LogP contribution >= 0.6 is 15.9 Å². The van der Waals surface area contributed by atoms with Gasteiger partial charge in [-0.15, -0.1) is 0 Å². The number of Topliss-reactive ketones (excluding diaryl/α,β-unsaturated/α-hetero) is 2. The van der Waals surface area contributed by atoms with Gasteiger partial charge in [0.25, 0.3) is 16.9 Å². The van der Waals surface area contributed by atoms with Crippen molar-refractivity contribution in [2.45, 2.75) is 96.6 Å². The number of allylic oxidation sites excluding steroid dienone is 1. The summed E-state index contributed by atoms with van der Waals surface area (Å²) in [5.74, 6) is 5.73. The largest absolute Gasteiger partial charge is 0.496 e. The van der Waals surface area contributed by atoms with Gasteiger partial charge in [-0.2, -0.15) is 0 Å². The lowest BCUT2D eigenvalue weighted by Crippen LogP contribution is -2.28. The summed E-state index contributed by atoms with van der Waals surface area (Å²) in [6.07, 6.45) is 5.12. The van der Waals surface area contributed by atoms with E-state index in [9.17, 15) is 58.6 Å². The highest BCUT2D eigenvalue weighted by molar-refractivity contribution is 9.10. The molecule has 0 amide bonds. The third kappa shape index (κ3) is 23.1. The van der Waals surface area contributed by atoms with Crippen molar-refractivity contribution in [2.24, 2.45) is 0 Å². The van der Waals surface area contributed by atoms with Gasteiger partial charge >= 0.3 is 0 Å². The maximum atomic E-state index is 13.7. The second kappa shape index (κ2) is 47.5. The van der Waals surface area contributed by atoms with Crippen molar-refractivity contribution in [3.05, 3.63) is 360 Å². The maximum Gasteiger partial charge on any atom is 0.283 e. The lowest BCUT2D eigenvalue weighted by molar-refractivity contribution is -0.385. The molecule has 0 radical (unpaired) electrons. The Kier molecular flexibility index (Phi) is 34.7. The summed E-state index contributed by atoms with van der Waals surface area (Å²) in [5.41, 5.74) is 22.9. The Morgan fingerprint density at radius 1 is 0.452 bits per heavy atom. The number of fused-ring (bicyclic) bond motifs is 3. The molecule has 8 heterocycles. The molecule has 36 heteroatoms. The molecule has 9 aromatic carbocycles. The van der Waals surface area contributed by atoms with Crippen molar-refractivity contribution < 1.29 is 99.2 Å². The topological polar surface area (TPSA) is 474 Å². The Labute approximate surface area is 844 Å². The first kappa shape index (κ1) is 107. The van der Waals surface area contributed by atoms with Crippen molar-refractivity contribution in [3.63, 3.8) is 0 Å². The predicted octanol–water partition coefficient (Wildman–Crippen LogP) is 22.3. The SMILES string of the molecule is C.CCOc1nc2cc(OC)c(-c3c(C)noc3C)cc2cc1C(=O)c1ccccc1.COc1cc(N)c(C=O)cc1-c1c(C)noc1C.COc1cc([N+](=O)[O-])c(C=O)cc1-c1c(C)noc1C.COc1cc([N+](=O)[O-])c(C=O)cc1Br.COc1cc2c(cc1-c1c(C)noc1C)C=C(C(=O)c1ccccc1)C(=O)C2.COc1cc2c(cc1-c1c(C)noc1C)cc(C(=O)c1ccccc1)c(=O)n2Cc1ccccn1. The molecule has 0 aliphatic heterocycles. The summed E-state index contributed by atoms with van der Waals surface area (Å²) < 4.78 is 66.2. The van der Waals surface area contributed by atoms with Gasteiger partial charge in [0.05, 0.1) is 183 Å². The number of methoxy groups -OCH3 is 6. The van der Waals surface area contributed by atoms with Crippen molar-refractivity contribution in [1.29, 1.82) is 0 Å². The number of nitro groups is 2. The Morgan fingerprint density at radius 2 is 0.836 bits per heavy atom. The summed E-state index contributed by atoms with van der Waals surface area (Å²) in [4.78, 5) is 127. The zero-order valence-electron chi connectivity index (χ0n) is 81.7. The van der Waals surface area contributed by atoms with E-state index in [-0.39, 0.29) is 88.5 Å². The summed E-state index contributed by atoms with van der Waals surface area (Å²) in [5, 5.41) is 42.9. The monoisotopic (exact) mass is 2040 g/mol. The first-order valence-corrected chi connectivity index (χ1v) is 45.4. The molecule has 0 saturated heterocycles. The molecule has 0 atom stereocenters. The van der Waals surface area contributed by atoms with E-state index < -0.39 is 9.85 Å². The minimum absolute atomic E-state index is 0. The molecule has 0 bridgehead atoms. The lowest BCUT2D eigenvalue weighted by atomic mass is 9.85. The van der Waals surface area contributed by atoms with Crippen molar-refractivity contribution in [2.75, 3.05) is 55.0 Å². The predicted molar refractivity (Wildman–Crippen MR) is 550 cm³/mol. The van der Waals surface area contributed by atoms with Crippen LogP contribution in [-0.4, -0.2) is 141 Å².